The number of nitrogens with zero attached hydrogens (tertiary/aromatic N) is 5. The quantitative estimate of drug-likeness (QED) is 0.327. The lowest BCUT2D eigenvalue weighted by atomic mass is 10.2. The third kappa shape index (κ3) is 3.52. The highest BCUT2D eigenvalue weighted by Gasteiger charge is 1.99. The lowest BCUT2D eigenvalue weighted by Crippen LogP contribution is -2.18. The van der Waals surface area contributed by atoms with E-state index >= 15 is 0 Å². The van der Waals surface area contributed by atoms with Gasteiger partial charge in [-0.05, 0) is 36.2 Å². The zero-order valence-electron chi connectivity index (χ0n) is 9.17. The van der Waals surface area contributed by atoms with E-state index in [0.29, 0.717) is 12.1 Å². The van der Waals surface area contributed by atoms with E-state index in [9.17, 15) is 0 Å². The minimum absolute atomic E-state index is 0.511. The molecule has 0 aliphatic carbocycles. The molecule has 0 unspecified atom stereocenters. The Labute approximate surface area is 94.5 Å². The predicted octanol–water partition coefficient (Wildman–Crippen LogP) is 2.69. The molecule has 1 aromatic rings. The van der Waals surface area contributed by atoms with Crippen LogP contribution in [0.25, 0.3) is 10.4 Å². The van der Waals surface area contributed by atoms with Crippen LogP contribution in [0.4, 0.5) is 5.69 Å². The third-order valence-corrected chi connectivity index (χ3v) is 2.25. The van der Waals surface area contributed by atoms with Gasteiger partial charge in [-0.15, -0.1) is 0 Å². The van der Waals surface area contributed by atoms with Crippen LogP contribution in [0, 0.1) is 11.3 Å². The summed E-state index contributed by atoms with van der Waals surface area (Å²) in [5.74, 6) is 0. The van der Waals surface area contributed by atoms with Gasteiger partial charge in [0.05, 0.1) is 11.6 Å². The standard InChI is InChI=1S/C11H13N5/c1-16(8-2-7-14-15-13)11-5-3-10(9-12)4-6-11/h3-6H,2,7-8H2,1H3. The van der Waals surface area contributed by atoms with Crippen molar-refractivity contribution in [2.75, 3.05) is 25.0 Å². The molecule has 0 N–H and O–H groups in total. The van der Waals surface area contributed by atoms with E-state index < -0.39 is 0 Å². The number of nitriles is 1. The van der Waals surface area contributed by atoms with Crippen LogP contribution in [0.2, 0.25) is 0 Å². The Morgan fingerprint density at radius 1 is 1.44 bits per heavy atom. The fourth-order valence-corrected chi connectivity index (χ4v) is 1.34. The Kier molecular flexibility index (Phi) is 4.71. The number of hydrogen-bond donors (Lipinski definition) is 0. The molecule has 0 aromatic heterocycles. The lowest BCUT2D eigenvalue weighted by molar-refractivity contribution is 0.792. The summed E-state index contributed by atoms with van der Waals surface area (Å²) in [5.41, 5.74) is 9.83. The summed E-state index contributed by atoms with van der Waals surface area (Å²) < 4.78 is 0. The molecule has 0 amide bonds. The molecule has 0 bridgehead atoms. The van der Waals surface area contributed by atoms with Crippen molar-refractivity contribution >= 4 is 5.69 Å². The van der Waals surface area contributed by atoms with Crippen LogP contribution in [-0.4, -0.2) is 20.1 Å². The molecule has 0 saturated heterocycles. The minimum Gasteiger partial charge on any atom is -0.375 e. The second-order valence-electron chi connectivity index (χ2n) is 3.39. The van der Waals surface area contributed by atoms with Gasteiger partial charge in [-0.3, -0.25) is 0 Å². The van der Waals surface area contributed by atoms with Crippen molar-refractivity contribution in [3.63, 3.8) is 0 Å². The Bertz CT molecular complexity index is 411. The molecular formula is C11H13N5. The first kappa shape index (κ1) is 11.9. The summed E-state index contributed by atoms with van der Waals surface area (Å²) in [7, 11) is 1.97. The molecule has 0 atom stereocenters. The summed E-state index contributed by atoms with van der Waals surface area (Å²) in [5, 5.41) is 12.1. The zero-order valence-corrected chi connectivity index (χ0v) is 9.17. The average Bonchev–Trinajstić information content (AvgIpc) is 2.34. The summed E-state index contributed by atoms with van der Waals surface area (Å²) in [6, 6.07) is 9.48. The maximum atomic E-state index is 8.66. The van der Waals surface area contributed by atoms with Gasteiger partial charge in [-0.1, -0.05) is 5.11 Å². The van der Waals surface area contributed by atoms with E-state index in [-0.39, 0.29) is 0 Å². The molecule has 0 aliphatic rings. The van der Waals surface area contributed by atoms with Crippen molar-refractivity contribution in [3.8, 4) is 6.07 Å². The fraction of sp³-hybridized carbons (Fsp3) is 0.364. The minimum atomic E-state index is 0.511. The third-order valence-electron chi connectivity index (χ3n) is 2.25. The van der Waals surface area contributed by atoms with Crippen molar-refractivity contribution in [1.82, 2.24) is 0 Å². The zero-order chi connectivity index (χ0) is 11.8. The molecule has 0 aliphatic heterocycles. The Hall–Kier alpha value is -2.18. The van der Waals surface area contributed by atoms with E-state index in [0.717, 1.165) is 18.7 Å². The van der Waals surface area contributed by atoms with Crippen molar-refractivity contribution in [2.45, 2.75) is 6.42 Å². The van der Waals surface area contributed by atoms with E-state index in [1.807, 2.05) is 19.2 Å². The first-order valence-corrected chi connectivity index (χ1v) is 5.00. The number of azide groups is 1. The van der Waals surface area contributed by atoms with Crippen LogP contribution in [0.3, 0.4) is 0 Å². The van der Waals surface area contributed by atoms with Crippen molar-refractivity contribution in [1.29, 1.82) is 5.26 Å². The van der Waals surface area contributed by atoms with Gasteiger partial charge in [0.1, 0.15) is 0 Å². The molecule has 5 nitrogen and oxygen atoms in total. The molecule has 1 aromatic carbocycles. The highest BCUT2D eigenvalue weighted by atomic mass is 15.1. The molecule has 16 heavy (non-hydrogen) atoms. The first-order valence-electron chi connectivity index (χ1n) is 5.00. The molecule has 0 fully saturated rings. The number of hydrogen-bond acceptors (Lipinski definition) is 3. The summed E-state index contributed by atoms with van der Waals surface area (Å²) in [6.45, 7) is 1.34. The Morgan fingerprint density at radius 2 is 2.12 bits per heavy atom. The number of benzene rings is 1. The van der Waals surface area contributed by atoms with E-state index in [2.05, 4.69) is 21.0 Å². The van der Waals surface area contributed by atoms with Gasteiger partial charge in [0.2, 0.25) is 0 Å². The van der Waals surface area contributed by atoms with Crippen LogP contribution < -0.4 is 4.90 Å². The molecule has 0 heterocycles. The van der Waals surface area contributed by atoms with Gasteiger partial charge in [0, 0.05) is 30.7 Å². The van der Waals surface area contributed by atoms with Crippen LogP contribution in [0.1, 0.15) is 12.0 Å². The van der Waals surface area contributed by atoms with Crippen molar-refractivity contribution in [3.05, 3.63) is 40.3 Å². The monoisotopic (exact) mass is 215 g/mol. The molecule has 0 radical (unpaired) electrons. The maximum absolute atomic E-state index is 8.66. The SMILES string of the molecule is CN(CCCN=[N+]=[N-])c1ccc(C#N)cc1. The molecular weight excluding hydrogens is 202 g/mol. The van der Waals surface area contributed by atoms with Crippen LogP contribution >= 0.6 is 0 Å². The van der Waals surface area contributed by atoms with Crippen LogP contribution in [0.15, 0.2) is 29.4 Å². The molecule has 0 spiro atoms. The lowest BCUT2D eigenvalue weighted by Gasteiger charge is -2.18. The maximum Gasteiger partial charge on any atom is 0.0991 e. The molecule has 0 saturated carbocycles. The van der Waals surface area contributed by atoms with Crippen LogP contribution in [-0.2, 0) is 0 Å². The van der Waals surface area contributed by atoms with Crippen LogP contribution in [0.5, 0.6) is 0 Å². The van der Waals surface area contributed by atoms with Gasteiger partial charge in [0.15, 0.2) is 0 Å². The topological polar surface area (TPSA) is 75.8 Å². The molecule has 82 valence electrons. The molecule has 1 rings (SSSR count). The fourth-order valence-electron chi connectivity index (χ4n) is 1.34. The highest BCUT2D eigenvalue weighted by Crippen LogP contribution is 2.13. The van der Waals surface area contributed by atoms with Crippen molar-refractivity contribution < 1.29 is 0 Å². The van der Waals surface area contributed by atoms with Crippen molar-refractivity contribution in [2.24, 2.45) is 5.11 Å². The average molecular weight is 215 g/mol. The molecule has 5 heteroatoms. The Balaban J connectivity index is 2.49. The number of rotatable bonds is 5. The van der Waals surface area contributed by atoms with E-state index in [1.54, 1.807) is 12.1 Å². The summed E-state index contributed by atoms with van der Waals surface area (Å²) in [4.78, 5) is 4.76. The normalized spacial score (nSPS) is 9.00. The summed E-state index contributed by atoms with van der Waals surface area (Å²) in [6.07, 6.45) is 0.820. The second-order valence-corrected chi connectivity index (χ2v) is 3.39. The first-order chi connectivity index (χ1) is 7.77. The number of anilines is 1. The van der Waals surface area contributed by atoms with Gasteiger partial charge in [0.25, 0.3) is 0 Å². The van der Waals surface area contributed by atoms with E-state index in [1.165, 1.54) is 0 Å². The Morgan fingerprint density at radius 3 is 2.69 bits per heavy atom. The van der Waals surface area contributed by atoms with Gasteiger partial charge in [-0.2, -0.15) is 5.26 Å². The van der Waals surface area contributed by atoms with Gasteiger partial charge < -0.3 is 4.90 Å². The van der Waals surface area contributed by atoms with E-state index in [4.69, 9.17) is 10.8 Å². The smallest absolute Gasteiger partial charge is 0.0991 e. The largest absolute Gasteiger partial charge is 0.375 e. The summed E-state index contributed by atoms with van der Waals surface area (Å²) >= 11 is 0. The predicted molar refractivity (Wildman–Crippen MR) is 63.1 cm³/mol. The second kappa shape index (κ2) is 6.33. The van der Waals surface area contributed by atoms with Gasteiger partial charge >= 0.3 is 0 Å². The van der Waals surface area contributed by atoms with Gasteiger partial charge in [-0.25, -0.2) is 0 Å². The highest BCUT2D eigenvalue weighted by molar-refractivity contribution is 5.48.